The fourth-order valence-electron chi connectivity index (χ4n) is 3.66. The summed E-state index contributed by atoms with van der Waals surface area (Å²) < 4.78 is 6.05. The molecule has 2 aromatic carbocycles. The van der Waals surface area contributed by atoms with Crippen molar-refractivity contribution in [3.8, 4) is 5.75 Å². The zero-order chi connectivity index (χ0) is 27.2. The highest BCUT2D eigenvalue weighted by molar-refractivity contribution is 6.38. The molecule has 0 fully saturated rings. The van der Waals surface area contributed by atoms with Gasteiger partial charge in [0, 0.05) is 34.8 Å². The van der Waals surface area contributed by atoms with E-state index in [-0.39, 0.29) is 24.1 Å². The van der Waals surface area contributed by atoms with Crippen molar-refractivity contribution < 1.29 is 14.3 Å². The van der Waals surface area contributed by atoms with Crippen molar-refractivity contribution in [1.82, 2.24) is 15.3 Å². The van der Waals surface area contributed by atoms with Crippen LogP contribution in [0.15, 0.2) is 66.7 Å². The van der Waals surface area contributed by atoms with Crippen molar-refractivity contribution in [2.75, 3.05) is 24.2 Å². The van der Waals surface area contributed by atoms with E-state index in [1.54, 1.807) is 37.4 Å². The number of nitrogens with zero attached hydrogens (tertiary/aromatic N) is 3. The number of halogens is 2. The number of amides is 2. The lowest BCUT2D eigenvalue weighted by Gasteiger charge is -2.21. The minimum Gasteiger partial charge on any atom is -0.487 e. The number of hydrogen-bond acceptors (Lipinski definition) is 6. The van der Waals surface area contributed by atoms with Crippen LogP contribution < -0.4 is 20.7 Å². The highest BCUT2D eigenvalue weighted by Crippen LogP contribution is 2.35. The third kappa shape index (κ3) is 6.40. The van der Waals surface area contributed by atoms with Crippen LogP contribution in [0.25, 0.3) is 17.0 Å². The highest BCUT2D eigenvalue weighted by Gasteiger charge is 2.19. The quantitative estimate of drug-likeness (QED) is 0.292. The van der Waals surface area contributed by atoms with Crippen LogP contribution in [0.5, 0.6) is 5.75 Å². The Labute approximate surface area is 230 Å². The lowest BCUT2D eigenvalue weighted by Crippen LogP contribution is -2.37. The Bertz CT molecular complexity index is 1540. The summed E-state index contributed by atoms with van der Waals surface area (Å²) in [7, 11) is 1.57. The standard InChI is InChI=1S/C28H25Cl2N5O3/c1-17-9-10-18-5-3-7-23(28(18)33-17)38-16-20-21(29)12-13-22(27(20)30)35(2)26(37)15-32-25(36)14-11-19-6-4-8-24(31)34-19/h3-14H,15-16H2,1-2H3,(H2,31,34)(H,32,36). The van der Waals surface area contributed by atoms with Crippen molar-refractivity contribution >= 4 is 63.5 Å². The van der Waals surface area contributed by atoms with Crippen molar-refractivity contribution in [3.05, 3.63) is 93.7 Å². The van der Waals surface area contributed by atoms with Crippen molar-refractivity contribution in [2.24, 2.45) is 0 Å². The number of hydrogen-bond donors (Lipinski definition) is 2. The summed E-state index contributed by atoms with van der Waals surface area (Å²) in [4.78, 5) is 35.0. The molecule has 0 aliphatic carbocycles. The van der Waals surface area contributed by atoms with Crippen LogP contribution in [-0.4, -0.2) is 35.4 Å². The lowest BCUT2D eigenvalue weighted by molar-refractivity contribution is -0.122. The normalized spacial score (nSPS) is 11.1. The summed E-state index contributed by atoms with van der Waals surface area (Å²) in [6, 6.07) is 18.0. The number of ether oxygens (including phenoxy) is 1. The van der Waals surface area contributed by atoms with E-state index in [0.29, 0.717) is 33.5 Å². The molecule has 0 saturated heterocycles. The van der Waals surface area contributed by atoms with Crippen LogP contribution in [0.1, 0.15) is 17.0 Å². The van der Waals surface area contributed by atoms with Gasteiger partial charge < -0.3 is 20.7 Å². The molecule has 0 spiro atoms. The summed E-state index contributed by atoms with van der Waals surface area (Å²) in [6.45, 7) is 1.74. The molecule has 0 aliphatic rings. The third-order valence-electron chi connectivity index (χ3n) is 5.71. The van der Waals surface area contributed by atoms with Gasteiger partial charge in [-0.15, -0.1) is 0 Å². The van der Waals surface area contributed by atoms with E-state index in [9.17, 15) is 9.59 Å². The molecule has 0 bridgehead atoms. The first kappa shape index (κ1) is 26.9. The number of carbonyl (C=O) groups excluding carboxylic acids is 2. The van der Waals surface area contributed by atoms with Crippen molar-refractivity contribution in [1.29, 1.82) is 0 Å². The second-order valence-corrected chi connectivity index (χ2v) is 9.20. The van der Waals surface area contributed by atoms with Crippen LogP contribution in [0.2, 0.25) is 10.0 Å². The maximum atomic E-state index is 12.8. The third-order valence-corrected chi connectivity index (χ3v) is 6.48. The Morgan fingerprint density at radius 1 is 1.05 bits per heavy atom. The smallest absolute Gasteiger partial charge is 0.246 e. The van der Waals surface area contributed by atoms with Crippen LogP contribution in [0, 0.1) is 6.92 Å². The second kappa shape index (κ2) is 11.9. The molecule has 2 aromatic heterocycles. The zero-order valence-electron chi connectivity index (χ0n) is 20.7. The van der Waals surface area contributed by atoms with E-state index in [1.165, 1.54) is 17.1 Å². The molecule has 0 radical (unpaired) electrons. The fraction of sp³-hybridized carbons (Fsp3) is 0.143. The van der Waals surface area contributed by atoms with Gasteiger partial charge in [0.2, 0.25) is 11.8 Å². The highest BCUT2D eigenvalue weighted by atomic mass is 35.5. The van der Waals surface area contributed by atoms with Gasteiger partial charge >= 0.3 is 0 Å². The van der Waals surface area contributed by atoms with Crippen molar-refractivity contribution in [3.63, 3.8) is 0 Å². The van der Waals surface area contributed by atoms with Gasteiger partial charge in [0.05, 0.1) is 22.9 Å². The number of nitrogens with one attached hydrogen (secondary N) is 1. The fourth-order valence-corrected chi connectivity index (χ4v) is 4.26. The number of nitrogens with two attached hydrogens (primary N) is 1. The monoisotopic (exact) mass is 549 g/mol. The molecule has 3 N–H and O–H groups in total. The molecule has 0 aliphatic heterocycles. The van der Waals surface area contributed by atoms with Gasteiger partial charge in [0.15, 0.2) is 0 Å². The summed E-state index contributed by atoms with van der Waals surface area (Å²) in [5.41, 5.74) is 8.73. The molecule has 194 valence electrons. The van der Waals surface area contributed by atoms with Crippen LogP contribution in [0.3, 0.4) is 0 Å². The average molecular weight is 550 g/mol. The Kier molecular flexibility index (Phi) is 8.45. The Morgan fingerprint density at radius 2 is 1.84 bits per heavy atom. The number of nitrogen functional groups attached to an aromatic ring is 1. The predicted octanol–water partition coefficient (Wildman–Crippen LogP) is 5.20. The summed E-state index contributed by atoms with van der Waals surface area (Å²) in [5.74, 6) is 0.111. The van der Waals surface area contributed by atoms with Gasteiger partial charge in [-0.2, -0.15) is 0 Å². The Morgan fingerprint density at radius 3 is 2.63 bits per heavy atom. The maximum Gasteiger partial charge on any atom is 0.246 e. The first-order chi connectivity index (χ1) is 18.2. The minimum absolute atomic E-state index is 0.0713. The Hall–Kier alpha value is -4.14. The van der Waals surface area contributed by atoms with E-state index >= 15 is 0 Å². The molecule has 8 nitrogen and oxygen atoms in total. The molecule has 4 aromatic rings. The summed E-state index contributed by atoms with van der Waals surface area (Å²) >= 11 is 13.1. The number of benzene rings is 2. The number of pyridine rings is 2. The number of rotatable bonds is 8. The van der Waals surface area contributed by atoms with Gasteiger partial charge in [-0.25, -0.2) is 9.97 Å². The number of para-hydroxylation sites is 1. The van der Waals surface area contributed by atoms with Gasteiger partial charge in [0.25, 0.3) is 0 Å². The first-order valence-corrected chi connectivity index (χ1v) is 12.4. The second-order valence-electron chi connectivity index (χ2n) is 8.42. The molecule has 0 unspecified atom stereocenters. The van der Waals surface area contributed by atoms with Crippen molar-refractivity contribution in [2.45, 2.75) is 13.5 Å². The van der Waals surface area contributed by atoms with E-state index in [2.05, 4.69) is 15.3 Å². The molecule has 2 heterocycles. The largest absolute Gasteiger partial charge is 0.487 e. The number of carbonyl (C=O) groups is 2. The van der Waals surface area contributed by atoms with E-state index in [4.69, 9.17) is 33.7 Å². The topological polar surface area (TPSA) is 110 Å². The Balaban J connectivity index is 1.43. The average Bonchev–Trinajstić information content (AvgIpc) is 2.90. The molecule has 38 heavy (non-hydrogen) atoms. The molecule has 2 amide bonds. The zero-order valence-corrected chi connectivity index (χ0v) is 22.3. The molecule has 10 heteroatoms. The van der Waals surface area contributed by atoms with Gasteiger partial charge in [0.1, 0.15) is 23.7 Å². The number of aryl methyl sites for hydroxylation is 1. The van der Waals surface area contributed by atoms with Gasteiger partial charge in [-0.3, -0.25) is 9.59 Å². The maximum absolute atomic E-state index is 12.8. The van der Waals surface area contributed by atoms with Gasteiger partial charge in [-0.1, -0.05) is 47.5 Å². The number of likely N-dealkylation sites (N-methyl/N-ethyl adjacent to an activating group) is 1. The molecular formula is C28H25Cl2N5O3. The predicted molar refractivity (Wildman–Crippen MR) is 151 cm³/mol. The number of aromatic nitrogens is 2. The molecule has 4 rings (SSSR count). The SMILES string of the molecule is Cc1ccc2cccc(OCc3c(Cl)ccc(N(C)C(=O)CNC(=O)C=Cc4cccc(N)n4)c3Cl)c2n1. The van der Waals surface area contributed by atoms with Gasteiger partial charge in [-0.05, 0) is 49.4 Å². The van der Waals surface area contributed by atoms with E-state index in [1.807, 2.05) is 37.3 Å². The van der Waals surface area contributed by atoms with E-state index in [0.717, 1.165) is 16.6 Å². The van der Waals surface area contributed by atoms with Crippen LogP contribution >= 0.6 is 23.2 Å². The minimum atomic E-state index is -0.453. The molecule has 0 saturated carbocycles. The molecular weight excluding hydrogens is 525 g/mol. The summed E-state index contributed by atoms with van der Waals surface area (Å²) in [6.07, 6.45) is 2.79. The van der Waals surface area contributed by atoms with Crippen LogP contribution in [-0.2, 0) is 16.2 Å². The van der Waals surface area contributed by atoms with Crippen LogP contribution in [0.4, 0.5) is 11.5 Å². The molecule has 0 atom stereocenters. The van der Waals surface area contributed by atoms with E-state index < -0.39 is 5.91 Å². The summed E-state index contributed by atoms with van der Waals surface area (Å²) in [5, 5.41) is 4.18. The first-order valence-electron chi connectivity index (χ1n) is 11.6. The number of fused-ring (bicyclic) bond motifs is 1. The lowest BCUT2D eigenvalue weighted by atomic mass is 10.1. The number of anilines is 2.